The summed E-state index contributed by atoms with van der Waals surface area (Å²) in [5.74, 6) is -0.265. The van der Waals surface area contributed by atoms with Crippen molar-refractivity contribution in [1.82, 2.24) is 14.5 Å². The van der Waals surface area contributed by atoms with Gasteiger partial charge in [-0.3, -0.25) is 9.59 Å². The average molecular weight is 478 g/mol. The molecule has 2 aromatic heterocycles. The Morgan fingerprint density at radius 1 is 1.06 bits per heavy atom. The maximum Gasteiger partial charge on any atom is 0.254 e. The lowest BCUT2D eigenvalue weighted by atomic mass is 9.87. The predicted molar refractivity (Wildman–Crippen MR) is 138 cm³/mol. The molecule has 0 saturated carbocycles. The Bertz CT molecular complexity index is 1360. The van der Waals surface area contributed by atoms with Crippen LogP contribution in [0.2, 0.25) is 0 Å². The second-order valence-corrected chi connectivity index (χ2v) is 8.28. The zero-order valence-corrected chi connectivity index (χ0v) is 21.1. The Labute approximate surface area is 204 Å². The Balaban J connectivity index is 0.000000815. The third-order valence-electron chi connectivity index (χ3n) is 6.07. The van der Waals surface area contributed by atoms with Gasteiger partial charge >= 0.3 is 0 Å². The molecule has 1 unspecified atom stereocenters. The fourth-order valence-electron chi connectivity index (χ4n) is 4.65. The molecule has 0 amide bonds. The van der Waals surface area contributed by atoms with Gasteiger partial charge in [-0.25, -0.2) is 4.98 Å². The predicted octanol–water partition coefficient (Wildman–Crippen LogP) is 5.26. The monoisotopic (exact) mass is 477 g/mol. The first-order valence-electron chi connectivity index (χ1n) is 12.0. The number of nitroso groups, excluding NO2 is 2. The van der Waals surface area contributed by atoms with Crippen molar-refractivity contribution in [2.45, 2.75) is 59.7 Å². The van der Waals surface area contributed by atoms with Crippen molar-refractivity contribution in [2.75, 3.05) is 14.1 Å². The molecule has 0 bridgehead atoms. The van der Waals surface area contributed by atoms with Gasteiger partial charge < -0.3 is 9.47 Å². The molecule has 5 rings (SSSR count). The zero-order valence-electron chi connectivity index (χ0n) is 21.1. The van der Waals surface area contributed by atoms with E-state index >= 15 is 0 Å². The minimum absolute atomic E-state index is 0.141. The third kappa shape index (κ3) is 4.43. The van der Waals surface area contributed by atoms with Crippen LogP contribution in [0.15, 0.2) is 39.4 Å². The Hall–Kier alpha value is -3.59. The largest absolute Gasteiger partial charge is 0.305 e. The molecule has 9 heteroatoms. The average Bonchev–Trinajstić information content (AvgIpc) is 3.23. The van der Waals surface area contributed by atoms with Crippen molar-refractivity contribution in [2.24, 2.45) is 10.4 Å². The van der Waals surface area contributed by atoms with E-state index < -0.39 is 6.04 Å². The van der Waals surface area contributed by atoms with Crippen molar-refractivity contribution in [3.8, 4) is 11.4 Å². The molecule has 0 saturated heterocycles. The van der Waals surface area contributed by atoms with Gasteiger partial charge in [0.05, 0.1) is 23.4 Å². The number of pyridine rings is 2. The SMILES string of the molecule is CC.CC.CN(C)Cc1c(N=O)ccc2nc3c(cc12)Cn1c-3cc2c(c1=O)CCC(=O)C2N=O. The first-order chi connectivity index (χ1) is 16.9. The van der Waals surface area contributed by atoms with E-state index in [9.17, 15) is 19.4 Å². The van der Waals surface area contributed by atoms with E-state index in [0.717, 1.165) is 16.5 Å². The molecule has 35 heavy (non-hydrogen) atoms. The molecule has 9 nitrogen and oxygen atoms in total. The number of aromatic nitrogens is 2. The van der Waals surface area contributed by atoms with Crippen molar-refractivity contribution in [1.29, 1.82) is 0 Å². The molecular formula is C26H31N5O4. The molecule has 1 aromatic carbocycles. The number of ketones is 1. The number of carbonyl (C=O) groups is 1. The van der Waals surface area contributed by atoms with Crippen LogP contribution in [0, 0.1) is 9.81 Å². The second-order valence-electron chi connectivity index (χ2n) is 8.28. The van der Waals surface area contributed by atoms with Crippen LogP contribution in [0.5, 0.6) is 0 Å². The minimum atomic E-state index is -1.14. The summed E-state index contributed by atoms with van der Waals surface area (Å²) in [5.41, 5.74) is 4.56. The second kappa shape index (κ2) is 10.8. The van der Waals surface area contributed by atoms with Gasteiger partial charge in [0, 0.05) is 35.0 Å². The highest BCUT2D eigenvalue weighted by molar-refractivity contribution is 5.91. The molecule has 0 N–H and O–H groups in total. The molecule has 0 spiro atoms. The molecule has 184 valence electrons. The van der Waals surface area contributed by atoms with Crippen LogP contribution in [0.1, 0.15) is 62.4 Å². The van der Waals surface area contributed by atoms with E-state index in [0.29, 0.717) is 53.2 Å². The molecule has 1 aliphatic carbocycles. The summed E-state index contributed by atoms with van der Waals surface area (Å²) in [5, 5.41) is 6.97. The van der Waals surface area contributed by atoms with Crippen LogP contribution in [0.3, 0.4) is 0 Å². The first kappa shape index (κ1) is 26.0. The van der Waals surface area contributed by atoms with Crippen molar-refractivity contribution in [3.63, 3.8) is 0 Å². The van der Waals surface area contributed by atoms with Gasteiger partial charge in [0.1, 0.15) is 5.69 Å². The summed E-state index contributed by atoms with van der Waals surface area (Å²) in [6.07, 6.45) is 0.453. The minimum Gasteiger partial charge on any atom is -0.305 e. The summed E-state index contributed by atoms with van der Waals surface area (Å²) in [7, 11) is 3.82. The number of hydrogen-bond acceptors (Lipinski definition) is 8. The standard InChI is InChI=1S/C22H19N5O4.2C2H6/c1-26(2)10-15-13-7-11-9-27-18(20(11)23-16(13)4-5-17(15)24-30)8-14-12(22(27)29)3-6-19(28)21(14)25-31;2*1-2/h4-5,7-8,21H,3,6,9-10H2,1-2H3;2*1-2H3. The van der Waals surface area contributed by atoms with Crippen LogP contribution < -0.4 is 5.56 Å². The van der Waals surface area contributed by atoms with Gasteiger partial charge in [-0.2, -0.15) is 0 Å². The van der Waals surface area contributed by atoms with Crippen LogP contribution >= 0.6 is 0 Å². The molecule has 1 atom stereocenters. The summed E-state index contributed by atoms with van der Waals surface area (Å²) < 4.78 is 1.64. The van der Waals surface area contributed by atoms with Gasteiger partial charge in [0.25, 0.3) is 5.56 Å². The molecule has 2 aliphatic rings. The van der Waals surface area contributed by atoms with Crippen LogP contribution in [0.25, 0.3) is 22.3 Å². The highest BCUT2D eigenvalue weighted by atomic mass is 16.3. The van der Waals surface area contributed by atoms with Crippen molar-refractivity contribution >= 4 is 22.4 Å². The Morgan fingerprint density at radius 2 is 1.77 bits per heavy atom. The number of carbonyl (C=O) groups excluding carboxylic acids is 1. The van der Waals surface area contributed by atoms with Crippen molar-refractivity contribution in [3.05, 3.63) is 66.7 Å². The summed E-state index contributed by atoms with van der Waals surface area (Å²) in [6, 6.07) is 5.92. The number of benzene rings is 1. The van der Waals surface area contributed by atoms with E-state index in [1.165, 1.54) is 0 Å². The van der Waals surface area contributed by atoms with Gasteiger partial charge in [0.15, 0.2) is 11.8 Å². The maximum absolute atomic E-state index is 13.2. The number of nitrogens with zero attached hydrogens (tertiary/aromatic N) is 5. The zero-order chi connectivity index (χ0) is 25.9. The van der Waals surface area contributed by atoms with E-state index in [1.807, 2.05) is 52.8 Å². The lowest BCUT2D eigenvalue weighted by molar-refractivity contribution is -0.120. The number of hydrogen-bond donors (Lipinski definition) is 0. The molecule has 3 heterocycles. The molecule has 0 radical (unpaired) electrons. The molecule has 0 fully saturated rings. The van der Waals surface area contributed by atoms with Gasteiger partial charge in [-0.15, -0.1) is 9.81 Å². The third-order valence-corrected chi connectivity index (χ3v) is 6.07. The molecular weight excluding hydrogens is 446 g/mol. The van der Waals surface area contributed by atoms with Crippen LogP contribution in [0.4, 0.5) is 5.69 Å². The fraction of sp³-hybridized carbons (Fsp3) is 0.423. The molecule has 3 aromatic rings. The Kier molecular flexibility index (Phi) is 8.01. The number of Topliss-reactive ketones (excluding diaryl/α,β-unsaturated/α-hetero) is 1. The van der Waals surface area contributed by atoms with E-state index in [2.05, 4.69) is 10.4 Å². The molecule has 1 aliphatic heterocycles. The van der Waals surface area contributed by atoms with Crippen LogP contribution in [-0.2, 0) is 24.3 Å². The highest BCUT2D eigenvalue weighted by Gasteiger charge is 2.34. The lowest BCUT2D eigenvalue weighted by Crippen LogP contribution is -2.30. The van der Waals surface area contributed by atoms with Crippen molar-refractivity contribution < 1.29 is 4.79 Å². The first-order valence-corrected chi connectivity index (χ1v) is 12.0. The van der Waals surface area contributed by atoms with Gasteiger partial charge in [-0.05, 0) is 55.5 Å². The topological polar surface area (TPSA) is 114 Å². The highest BCUT2D eigenvalue weighted by Crippen LogP contribution is 2.38. The van der Waals surface area contributed by atoms with Gasteiger partial charge in [0.2, 0.25) is 0 Å². The van der Waals surface area contributed by atoms with Gasteiger partial charge in [-0.1, -0.05) is 32.9 Å². The summed E-state index contributed by atoms with van der Waals surface area (Å²) >= 11 is 0. The lowest BCUT2D eigenvalue weighted by Gasteiger charge is -2.20. The van der Waals surface area contributed by atoms with Crippen LogP contribution in [-0.4, -0.2) is 34.3 Å². The van der Waals surface area contributed by atoms with E-state index in [-0.39, 0.29) is 17.8 Å². The fourth-order valence-corrected chi connectivity index (χ4v) is 4.65. The Morgan fingerprint density at radius 3 is 2.40 bits per heavy atom. The maximum atomic E-state index is 13.2. The summed E-state index contributed by atoms with van der Waals surface area (Å²) in [4.78, 5) is 54.7. The summed E-state index contributed by atoms with van der Waals surface area (Å²) in [6.45, 7) is 8.86. The van der Waals surface area contributed by atoms with E-state index in [1.54, 1.807) is 22.8 Å². The number of rotatable bonds is 4. The number of fused-ring (bicyclic) bond motifs is 5. The smallest absolute Gasteiger partial charge is 0.254 e. The van der Waals surface area contributed by atoms with E-state index in [4.69, 9.17) is 4.98 Å². The normalized spacial score (nSPS) is 15.3. The quantitative estimate of drug-likeness (QED) is 0.370.